The fraction of sp³-hybridized carbons (Fsp3) is 0.800. The van der Waals surface area contributed by atoms with Crippen molar-refractivity contribution in [2.24, 2.45) is 0 Å². The predicted molar refractivity (Wildman–Crippen MR) is 47.2 cm³/mol. The summed E-state index contributed by atoms with van der Waals surface area (Å²) in [5, 5.41) is 0. The van der Waals surface area contributed by atoms with Crippen LogP contribution in [0.2, 0.25) is 0 Å². The summed E-state index contributed by atoms with van der Waals surface area (Å²) < 4.78 is 14.0. The smallest absolute Gasteiger partial charge is 0.354 e. The second-order valence-corrected chi connectivity index (χ2v) is 3.18. The maximum Gasteiger partial charge on any atom is 2.00 e. The zero-order valence-electron chi connectivity index (χ0n) is 7.63. The molecule has 0 aromatic rings. The van der Waals surface area contributed by atoms with E-state index in [-0.39, 0.29) is 23.1 Å². The van der Waals surface area contributed by atoms with Gasteiger partial charge in [0.1, 0.15) is 0 Å². The van der Waals surface area contributed by atoms with E-state index in [0.29, 0.717) is 13.1 Å². The van der Waals surface area contributed by atoms with Gasteiger partial charge in [0.05, 0.1) is 0 Å². The van der Waals surface area contributed by atoms with Crippen LogP contribution in [0.1, 0.15) is 13.8 Å². The fourth-order valence-corrected chi connectivity index (χ4v) is 0.960. The van der Waals surface area contributed by atoms with Crippen LogP contribution in [-0.2, 0) is 9.09 Å². The molecule has 0 aliphatic rings. The molecule has 0 aliphatic heterocycles. The summed E-state index contributed by atoms with van der Waals surface area (Å²) in [6.45, 7) is 4.08. The largest absolute Gasteiger partial charge is 2.00 e. The normalized spacial score (nSPS) is 10.2. The molecular weight excluding hydrogens is 209 g/mol. The summed E-state index contributed by atoms with van der Waals surface area (Å²) in [6, 6.07) is 0. The van der Waals surface area contributed by atoms with Gasteiger partial charge in [0, 0.05) is 13.1 Å². The van der Waals surface area contributed by atoms with Gasteiger partial charge in [-0.3, -0.25) is 9.79 Å². The van der Waals surface area contributed by atoms with E-state index in [2.05, 4.69) is 4.52 Å². The van der Waals surface area contributed by atoms with Crippen molar-refractivity contribution in [2.45, 2.75) is 13.8 Å². The van der Waals surface area contributed by atoms with E-state index >= 15 is 0 Å². The van der Waals surface area contributed by atoms with Crippen molar-refractivity contribution in [3.05, 3.63) is 0 Å². The summed E-state index contributed by atoms with van der Waals surface area (Å²) >= 11 is 0. The van der Waals surface area contributed by atoms with Crippen LogP contribution in [0.4, 0.5) is 4.79 Å². The molecule has 0 fully saturated rings. The number of hydrogen-bond acceptors (Lipinski definition) is 3. The van der Waals surface area contributed by atoms with Crippen LogP contribution in [0.25, 0.3) is 0 Å². The van der Waals surface area contributed by atoms with Crippen molar-refractivity contribution in [1.29, 1.82) is 0 Å². The Morgan fingerprint density at radius 3 is 2.00 bits per heavy atom. The van der Waals surface area contributed by atoms with Gasteiger partial charge < -0.3 is 9.42 Å². The van der Waals surface area contributed by atoms with E-state index < -0.39 is 13.9 Å². The second-order valence-electron chi connectivity index (χ2n) is 2.02. The molecule has 0 heterocycles. The van der Waals surface area contributed by atoms with Crippen LogP contribution >= 0.6 is 7.82 Å². The number of hydrogen-bond donors (Lipinski definition) is 2. The summed E-state index contributed by atoms with van der Waals surface area (Å²) in [4.78, 5) is 28.5. The van der Waals surface area contributed by atoms with Crippen molar-refractivity contribution >= 4 is 37.0 Å². The van der Waals surface area contributed by atoms with E-state index in [4.69, 9.17) is 9.79 Å². The molecule has 0 saturated heterocycles. The first-order valence-corrected chi connectivity index (χ1v) is 4.97. The Morgan fingerprint density at radius 2 is 1.77 bits per heavy atom. The third-order valence-electron chi connectivity index (χ3n) is 1.22. The minimum absolute atomic E-state index is 0. The first-order chi connectivity index (χ1) is 5.40. The van der Waals surface area contributed by atoms with Crippen molar-refractivity contribution in [3.8, 4) is 0 Å². The molecule has 1 amide bonds. The molecule has 8 heteroatoms. The van der Waals surface area contributed by atoms with Gasteiger partial charge in [-0.1, -0.05) is 0 Å². The second kappa shape index (κ2) is 6.61. The Bertz CT molecular complexity index is 201. The molecule has 0 atom stereocenters. The molecule has 0 bridgehead atoms. The number of nitrogens with zero attached hydrogens (tertiary/aromatic N) is 1. The monoisotopic (exact) mass is 221 g/mol. The van der Waals surface area contributed by atoms with Gasteiger partial charge in [-0.05, 0) is 13.8 Å². The zero-order valence-corrected chi connectivity index (χ0v) is 9.94. The summed E-state index contributed by atoms with van der Waals surface area (Å²) in [5.74, 6) is 0. The van der Waals surface area contributed by atoms with Gasteiger partial charge in [-0.25, -0.2) is 9.36 Å². The summed E-state index contributed by atoms with van der Waals surface area (Å²) in [6.07, 6.45) is -0.992. The Hall–Kier alpha value is 0.186. The Kier molecular flexibility index (Phi) is 7.96. The van der Waals surface area contributed by atoms with Crippen LogP contribution in [-0.4, -0.2) is 56.9 Å². The number of carbonyl (C=O) groups excluding carboxylic acids is 1. The molecule has 0 aromatic carbocycles. The number of carbonyl (C=O) groups is 1. The molecule has 0 spiro atoms. The Labute approximate surface area is 92.6 Å². The quantitative estimate of drug-likeness (QED) is 0.524. The minimum atomic E-state index is -4.69. The van der Waals surface area contributed by atoms with Crippen molar-refractivity contribution < 1.29 is 23.7 Å². The first-order valence-electron chi connectivity index (χ1n) is 3.44. The number of phosphoric ester groups is 1. The third kappa shape index (κ3) is 7.27. The third-order valence-corrected chi connectivity index (χ3v) is 1.61. The molecular formula is C5H12MgNO5P+2. The maximum absolute atomic E-state index is 10.8. The average Bonchev–Trinajstić information content (AvgIpc) is 1.85. The van der Waals surface area contributed by atoms with E-state index in [0.717, 1.165) is 0 Å². The minimum Gasteiger partial charge on any atom is -0.354 e. The van der Waals surface area contributed by atoms with Crippen molar-refractivity contribution in [1.82, 2.24) is 4.90 Å². The molecule has 6 nitrogen and oxygen atoms in total. The van der Waals surface area contributed by atoms with Crippen LogP contribution in [0.3, 0.4) is 0 Å². The first kappa shape index (κ1) is 15.6. The summed E-state index contributed by atoms with van der Waals surface area (Å²) in [5.41, 5.74) is 0. The molecule has 0 saturated carbocycles. The van der Waals surface area contributed by atoms with E-state index in [1.54, 1.807) is 13.8 Å². The topological polar surface area (TPSA) is 87.1 Å². The van der Waals surface area contributed by atoms with E-state index in [1.165, 1.54) is 4.90 Å². The van der Waals surface area contributed by atoms with Gasteiger partial charge in [-0.15, -0.1) is 0 Å². The summed E-state index contributed by atoms with van der Waals surface area (Å²) in [7, 11) is -4.69. The van der Waals surface area contributed by atoms with Crippen LogP contribution in [0, 0.1) is 0 Å². The zero-order chi connectivity index (χ0) is 9.78. The van der Waals surface area contributed by atoms with Gasteiger partial charge in [0.15, 0.2) is 0 Å². The SMILES string of the molecule is CCN(CC)C(=O)OP(=O)(O)O.[Mg+2]. The number of amides is 1. The van der Waals surface area contributed by atoms with Gasteiger partial charge in [-0.2, -0.15) is 0 Å². The average molecular weight is 221 g/mol. The molecule has 0 aromatic heterocycles. The molecule has 0 rings (SSSR count). The molecule has 0 aliphatic carbocycles. The molecule has 0 radical (unpaired) electrons. The molecule has 0 unspecified atom stereocenters. The molecule has 2 N–H and O–H groups in total. The van der Waals surface area contributed by atoms with Crippen LogP contribution in [0.5, 0.6) is 0 Å². The van der Waals surface area contributed by atoms with Crippen molar-refractivity contribution in [3.63, 3.8) is 0 Å². The predicted octanol–water partition coefficient (Wildman–Crippen LogP) is 0.177. The standard InChI is InChI=1S/C5H12NO5P.Mg/c1-3-6(4-2)5(7)11-12(8,9)10;/h3-4H2,1-2H3,(H2,8,9,10);/q;+2. The van der Waals surface area contributed by atoms with E-state index in [9.17, 15) is 9.36 Å². The van der Waals surface area contributed by atoms with Crippen molar-refractivity contribution in [2.75, 3.05) is 13.1 Å². The van der Waals surface area contributed by atoms with E-state index in [1.807, 2.05) is 0 Å². The maximum atomic E-state index is 10.8. The molecule has 72 valence electrons. The fourth-order valence-electron chi connectivity index (χ4n) is 0.641. The Morgan fingerprint density at radius 1 is 1.38 bits per heavy atom. The number of rotatable bonds is 3. The van der Waals surface area contributed by atoms with Crippen LogP contribution in [0.15, 0.2) is 0 Å². The van der Waals surface area contributed by atoms with Gasteiger partial charge in [0.2, 0.25) is 0 Å². The van der Waals surface area contributed by atoms with Crippen LogP contribution < -0.4 is 0 Å². The molecule has 13 heavy (non-hydrogen) atoms. The Balaban J connectivity index is 0. The van der Waals surface area contributed by atoms with Gasteiger partial charge in [0.25, 0.3) is 0 Å². The number of phosphoric acid groups is 1. The van der Waals surface area contributed by atoms with Gasteiger partial charge >= 0.3 is 37.0 Å².